The standard InChI is InChI=1S/C19H25N3O3/c1-4-20-19(21-12-14-7-5-9-16(11-14)24-2)22-13-15-8-6-10-17(25-3)18(15)23/h5-11,23H,4,12-13H2,1-3H3,(H2,20,21,22). The molecule has 0 radical (unpaired) electrons. The molecule has 0 saturated carbocycles. The maximum Gasteiger partial charge on any atom is 0.191 e. The molecule has 6 nitrogen and oxygen atoms in total. The summed E-state index contributed by atoms with van der Waals surface area (Å²) >= 11 is 0. The topological polar surface area (TPSA) is 75.1 Å². The number of para-hydroxylation sites is 1. The maximum absolute atomic E-state index is 10.2. The van der Waals surface area contributed by atoms with Crippen molar-refractivity contribution < 1.29 is 14.6 Å². The van der Waals surface area contributed by atoms with Crippen LogP contribution < -0.4 is 20.1 Å². The zero-order valence-corrected chi connectivity index (χ0v) is 14.9. The lowest BCUT2D eigenvalue weighted by atomic mass is 10.2. The molecule has 0 amide bonds. The number of nitrogens with one attached hydrogen (secondary N) is 2. The Hall–Kier alpha value is -2.89. The third kappa shape index (κ3) is 5.31. The zero-order chi connectivity index (χ0) is 18.1. The Kier molecular flexibility index (Phi) is 6.95. The number of nitrogens with zero attached hydrogens (tertiary/aromatic N) is 1. The molecule has 134 valence electrons. The van der Waals surface area contributed by atoms with Gasteiger partial charge in [0.15, 0.2) is 17.5 Å². The first kappa shape index (κ1) is 18.4. The molecule has 2 rings (SSSR count). The molecule has 0 aromatic heterocycles. The highest BCUT2D eigenvalue weighted by atomic mass is 16.5. The molecule has 0 spiro atoms. The van der Waals surface area contributed by atoms with Crippen LogP contribution in [0.15, 0.2) is 47.5 Å². The van der Waals surface area contributed by atoms with Gasteiger partial charge in [0.25, 0.3) is 0 Å². The van der Waals surface area contributed by atoms with Crippen molar-refractivity contribution >= 4 is 5.96 Å². The summed E-state index contributed by atoms with van der Waals surface area (Å²) in [5.41, 5.74) is 1.80. The summed E-state index contributed by atoms with van der Waals surface area (Å²) in [5, 5.41) is 16.6. The van der Waals surface area contributed by atoms with Crippen LogP contribution in [0.25, 0.3) is 0 Å². The van der Waals surface area contributed by atoms with Crippen LogP contribution in [0.2, 0.25) is 0 Å². The molecule has 3 N–H and O–H groups in total. The quantitative estimate of drug-likeness (QED) is 0.532. The summed E-state index contributed by atoms with van der Waals surface area (Å²) in [6.45, 7) is 3.71. The molecule has 25 heavy (non-hydrogen) atoms. The lowest BCUT2D eigenvalue weighted by Crippen LogP contribution is -2.36. The minimum Gasteiger partial charge on any atom is -0.504 e. The number of rotatable bonds is 7. The minimum atomic E-state index is 0.140. The third-order valence-electron chi connectivity index (χ3n) is 3.65. The Labute approximate surface area is 148 Å². The average molecular weight is 343 g/mol. The Morgan fingerprint density at radius 1 is 1.08 bits per heavy atom. The largest absolute Gasteiger partial charge is 0.504 e. The van der Waals surface area contributed by atoms with Crippen molar-refractivity contribution in [2.75, 3.05) is 20.8 Å². The average Bonchev–Trinajstić information content (AvgIpc) is 2.65. The van der Waals surface area contributed by atoms with Gasteiger partial charge in [-0.3, -0.25) is 0 Å². The van der Waals surface area contributed by atoms with E-state index in [4.69, 9.17) is 9.47 Å². The van der Waals surface area contributed by atoms with Crippen LogP contribution in [0, 0.1) is 0 Å². The van der Waals surface area contributed by atoms with E-state index in [1.807, 2.05) is 43.3 Å². The van der Waals surface area contributed by atoms with Gasteiger partial charge in [0.2, 0.25) is 0 Å². The van der Waals surface area contributed by atoms with E-state index < -0.39 is 0 Å². The smallest absolute Gasteiger partial charge is 0.191 e. The fourth-order valence-electron chi connectivity index (χ4n) is 2.34. The van der Waals surface area contributed by atoms with E-state index in [9.17, 15) is 5.11 Å². The van der Waals surface area contributed by atoms with Crippen molar-refractivity contribution in [1.29, 1.82) is 0 Å². The summed E-state index contributed by atoms with van der Waals surface area (Å²) in [7, 11) is 3.18. The van der Waals surface area contributed by atoms with Crippen molar-refractivity contribution in [2.24, 2.45) is 4.99 Å². The number of hydrogen-bond donors (Lipinski definition) is 3. The van der Waals surface area contributed by atoms with Crippen molar-refractivity contribution in [1.82, 2.24) is 10.6 Å². The first-order valence-corrected chi connectivity index (χ1v) is 8.17. The van der Waals surface area contributed by atoms with Crippen LogP contribution in [-0.2, 0) is 13.1 Å². The predicted octanol–water partition coefficient (Wildman–Crippen LogP) is 2.66. The number of aromatic hydroxyl groups is 1. The van der Waals surface area contributed by atoms with E-state index in [1.165, 1.54) is 7.11 Å². The Balaban J connectivity index is 2.05. The van der Waals surface area contributed by atoms with E-state index in [1.54, 1.807) is 13.2 Å². The Morgan fingerprint density at radius 2 is 1.88 bits per heavy atom. The third-order valence-corrected chi connectivity index (χ3v) is 3.65. The fraction of sp³-hybridized carbons (Fsp3) is 0.316. The van der Waals surface area contributed by atoms with Gasteiger partial charge >= 0.3 is 0 Å². The van der Waals surface area contributed by atoms with Gasteiger partial charge in [0.1, 0.15) is 5.75 Å². The van der Waals surface area contributed by atoms with E-state index in [2.05, 4.69) is 15.6 Å². The number of benzene rings is 2. The fourth-order valence-corrected chi connectivity index (χ4v) is 2.34. The van der Waals surface area contributed by atoms with E-state index in [0.717, 1.165) is 23.4 Å². The SMILES string of the molecule is CCNC(=NCc1cccc(OC)c1)NCc1cccc(OC)c1O. The molecular weight excluding hydrogens is 318 g/mol. The van der Waals surface area contributed by atoms with E-state index in [-0.39, 0.29) is 5.75 Å². The minimum absolute atomic E-state index is 0.140. The van der Waals surface area contributed by atoms with Gasteiger partial charge in [-0.1, -0.05) is 24.3 Å². The summed E-state index contributed by atoms with van der Waals surface area (Å²) < 4.78 is 10.4. The molecule has 0 fully saturated rings. The van der Waals surface area contributed by atoms with Gasteiger partial charge in [-0.05, 0) is 30.7 Å². The molecule has 6 heteroatoms. The Bertz CT molecular complexity index is 717. The predicted molar refractivity (Wildman–Crippen MR) is 99.3 cm³/mol. The number of phenolic OH excluding ortho intramolecular Hbond substituents is 1. The van der Waals surface area contributed by atoms with Gasteiger partial charge in [-0.15, -0.1) is 0 Å². The molecular formula is C19H25N3O3. The van der Waals surface area contributed by atoms with Gasteiger partial charge in [-0.25, -0.2) is 4.99 Å². The number of ether oxygens (including phenoxy) is 2. The molecule has 0 unspecified atom stereocenters. The summed E-state index contributed by atoms with van der Waals surface area (Å²) in [6.07, 6.45) is 0. The second-order valence-electron chi connectivity index (χ2n) is 5.37. The van der Waals surface area contributed by atoms with E-state index in [0.29, 0.717) is 24.8 Å². The van der Waals surface area contributed by atoms with Crippen molar-refractivity contribution in [3.05, 3.63) is 53.6 Å². The normalized spacial score (nSPS) is 11.1. The molecule has 0 heterocycles. The van der Waals surface area contributed by atoms with Crippen molar-refractivity contribution in [3.8, 4) is 17.2 Å². The number of hydrogen-bond acceptors (Lipinski definition) is 4. The van der Waals surface area contributed by atoms with Crippen LogP contribution in [0.4, 0.5) is 0 Å². The molecule has 0 aliphatic heterocycles. The second kappa shape index (κ2) is 9.42. The summed E-state index contributed by atoms with van der Waals surface area (Å²) in [6, 6.07) is 13.2. The number of phenols is 1. The van der Waals surface area contributed by atoms with Crippen LogP contribution >= 0.6 is 0 Å². The maximum atomic E-state index is 10.2. The van der Waals surface area contributed by atoms with Crippen LogP contribution in [0.5, 0.6) is 17.2 Å². The van der Waals surface area contributed by atoms with Crippen LogP contribution in [-0.4, -0.2) is 31.8 Å². The first-order chi connectivity index (χ1) is 12.2. The van der Waals surface area contributed by atoms with Gasteiger partial charge < -0.3 is 25.2 Å². The van der Waals surface area contributed by atoms with Crippen molar-refractivity contribution in [3.63, 3.8) is 0 Å². The monoisotopic (exact) mass is 343 g/mol. The van der Waals surface area contributed by atoms with Gasteiger partial charge in [0, 0.05) is 18.7 Å². The van der Waals surface area contributed by atoms with Crippen LogP contribution in [0.3, 0.4) is 0 Å². The molecule has 2 aromatic carbocycles. The highest BCUT2D eigenvalue weighted by molar-refractivity contribution is 5.79. The van der Waals surface area contributed by atoms with Gasteiger partial charge in [0.05, 0.1) is 20.8 Å². The highest BCUT2D eigenvalue weighted by Crippen LogP contribution is 2.29. The van der Waals surface area contributed by atoms with Crippen LogP contribution in [0.1, 0.15) is 18.1 Å². The molecule has 0 aliphatic rings. The lowest BCUT2D eigenvalue weighted by molar-refractivity contribution is 0.370. The van der Waals surface area contributed by atoms with Crippen molar-refractivity contribution in [2.45, 2.75) is 20.0 Å². The van der Waals surface area contributed by atoms with E-state index >= 15 is 0 Å². The second-order valence-corrected chi connectivity index (χ2v) is 5.37. The zero-order valence-electron chi connectivity index (χ0n) is 14.9. The highest BCUT2D eigenvalue weighted by Gasteiger charge is 2.07. The molecule has 2 aromatic rings. The molecule has 0 bridgehead atoms. The number of methoxy groups -OCH3 is 2. The first-order valence-electron chi connectivity index (χ1n) is 8.17. The number of guanidine groups is 1. The molecule has 0 aliphatic carbocycles. The Morgan fingerprint density at radius 3 is 2.60 bits per heavy atom. The number of aliphatic imine (C=N–C) groups is 1. The summed E-state index contributed by atoms with van der Waals surface area (Å²) in [5.74, 6) is 2.08. The molecule has 0 atom stereocenters. The molecule has 0 saturated heterocycles. The summed E-state index contributed by atoms with van der Waals surface area (Å²) in [4.78, 5) is 4.57. The van der Waals surface area contributed by atoms with Gasteiger partial charge in [-0.2, -0.15) is 0 Å². The lowest BCUT2D eigenvalue weighted by Gasteiger charge is -2.13.